The van der Waals surface area contributed by atoms with Gasteiger partial charge in [0.1, 0.15) is 0 Å². The van der Waals surface area contributed by atoms with E-state index in [9.17, 15) is 18.4 Å². The number of hydrogen-bond acceptors (Lipinski definition) is 6. The predicted octanol–water partition coefficient (Wildman–Crippen LogP) is 9.68. The second kappa shape index (κ2) is 8.88. The molecule has 0 bridgehead atoms. The Balaban J connectivity index is 1.41. The monoisotopic (exact) mass is 550 g/mol. The molecule has 3 heterocycles. The molecule has 3 aromatic heterocycles. The molecule has 8 heteroatoms. The van der Waals surface area contributed by atoms with Crippen molar-refractivity contribution in [1.82, 2.24) is 0 Å². The highest BCUT2D eigenvalue weighted by Crippen LogP contribution is 2.43. The maximum Gasteiger partial charge on any atom is 0.194 e. The summed E-state index contributed by atoms with van der Waals surface area (Å²) in [5.41, 5.74) is 1.51. The van der Waals surface area contributed by atoms with Gasteiger partial charge >= 0.3 is 0 Å². The zero-order valence-electron chi connectivity index (χ0n) is 18.8. The quantitative estimate of drug-likeness (QED) is 0.214. The molecule has 1 aliphatic carbocycles. The minimum Gasteiger partial charge on any atom is -0.289 e. The SMILES string of the molecule is C=C(SC(F)=CCC)c1cc2cc3c(cc2s1)C(=O)c1cc2cc(-c4ccc(F)s4)sc2cc1C3=O. The second-order valence-corrected chi connectivity index (χ2v) is 12.6. The first-order chi connectivity index (χ1) is 17.3. The summed E-state index contributed by atoms with van der Waals surface area (Å²) in [6, 6.07) is 14.0. The molecular weight excluding hydrogens is 535 g/mol. The number of allylic oxidation sites excluding steroid dienone is 1. The summed E-state index contributed by atoms with van der Waals surface area (Å²) < 4.78 is 29.2. The Bertz CT molecular complexity index is 1690. The van der Waals surface area contributed by atoms with Gasteiger partial charge in [0.15, 0.2) is 21.9 Å². The molecule has 0 atom stereocenters. The molecule has 0 unspecified atom stereocenters. The Morgan fingerprint density at radius 3 is 2.08 bits per heavy atom. The van der Waals surface area contributed by atoms with Gasteiger partial charge in [-0.2, -0.15) is 8.78 Å². The Morgan fingerprint density at radius 1 is 0.861 bits per heavy atom. The Kier molecular flexibility index (Phi) is 5.80. The van der Waals surface area contributed by atoms with E-state index in [-0.39, 0.29) is 21.9 Å². The minimum atomic E-state index is -0.299. The molecule has 6 rings (SSSR count). The molecule has 0 amide bonds. The normalized spacial score (nSPS) is 13.5. The molecule has 0 radical (unpaired) electrons. The van der Waals surface area contributed by atoms with Crippen molar-refractivity contribution in [3.63, 3.8) is 0 Å². The van der Waals surface area contributed by atoms with Gasteiger partial charge in [-0.1, -0.05) is 25.3 Å². The van der Waals surface area contributed by atoms with E-state index < -0.39 is 0 Å². The molecule has 0 saturated carbocycles. The highest BCUT2D eigenvalue weighted by molar-refractivity contribution is 8.11. The van der Waals surface area contributed by atoms with Crippen molar-refractivity contribution in [2.75, 3.05) is 0 Å². The van der Waals surface area contributed by atoms with Gasteiger partial charge in [0, 0.05) is 51.2 Å². The fourth-order valence-electron chi connectivity index (χ4n) is 4.29. The van der Waals surface area contributed by atoms with E-state index in [1.54, 1.807) is 30.3 Å². The number of ketones is 2. The van der Waals surface area contributed by atoms with Crippen LogP contribution < -0.4 is 0 Å². The Hall–Kier alpha value is -2.91. The summed E-state index contributed by atoms with van der Waals surface area (Å²) in [5, 5.41) is 1.11. The van der Waals surface area contributed by atoms with Gasteiger partial charge in [0.05, 0.1) is 0 Å². The van der Waals surface area contributed by atoms with Gasteiger partial charge < -0.3 is 0 Å². The average Bonchev–Trinajstić information content (AvgIpc) is 3.57. The molecule has 0 saturated heterocycles. The maximum atomic E-state index is 14.0. The molecule has 1 aliphatic rings. The smallest absolute Gasteiger partial charge is 0.194 e. The fraction of sp³-hybridized carbons (Fsp3) is 0.0714. The first-order valence-corrected chi connectivity index (χ1v) is 14.3. The van der Waals surface area contributed by atoms with Crippen LogP contribution in [0.15, 0.2) is 66.3 Å². The summed E-state index contributed by atoms with van der Waals surface area (Å²) >= 11 is 4.94. The lowest BCUT2D eigenvalue weighted by Gasteiger charge is -2.17. The van der Waals surface area contributed by atoms with Gasteiger partial charge in [-0.05, 0) is 71.8 Å². The highest BCUT2D eigenvalue weighted by Gasteiger charge is 2.31. The number of carbonyl (C=O) groups excluding carboxylic acids is 2. The summed E-state index contributed by atoms with van der Waals surface area (Å²) in [7, 11) is 0. The largest absolute Gasteiger partial charge is 0.289 e. The van der Waals surface area contributed by atoms with Crippen molar-refractivity contribution in [2.45, 2.75) is 13.3 Å². The lowest BCUT2D eigenvalue weighted by Crippen LogP contribution is -2.20. The zero-order valence-corrected chi connectivity index (χ0v) is 22.1. The molecule has 0 aliphatic heterocycles. The van der Waals surface area contributed by atoms with Crippen molar-refractivity contribution in [3.8, 4) is 9.75 Å². The van der Waals surface area contributed by atoms with Gasteiger partial charge in [-0.25, -0.2) is 0 Å². The van der Waals surface area contributed by atoms with Crippen LogP contribution in [0.25, 0.3) is 34.8 Å². The van der Waals surface area contributed by atoms with Crippen LogP contribution in [0.2, 0.25) is 0 Å². The standard InChI is InChI=1S/C28H16F2O2S4/c1-3-4-25(29)33-13(2)21-9-14-7-16-18(11-22(14)34-21)28(32)17-8-15-10-24(20-5-6-26(30)36-20)35-23(15)12-19(17)27(16)31/h4-12H,2-3H2,1H3. The van der Waals surface area contributed by atoms with E-state index in [0.29, 0.717) is 33.6 Å². The minimum absolute atomic E-state index is 0.196. The van der Waals surface area contributed by atoms with Crippen molar-refractivity contribution in [3.05, 3.63) is 98.6 Å². The van der Waals surface area contributed by atoms with E-state index in [0.717, 1.165) is 57.9 Å². The van der Waals surface area contributed by atoms with Crippen LogP contribution in [-0.4, -0.2) is 11.6 Å². The number of hydrogen-bond donors (Lipinski definition) is 0. The van der Waals surface area contributed by atoms with Crippen LogP contribution in [0.5, 0.6) is 0 Å². The molecule has 0 spiro atoms. The van der Waals surface area contributed by atoms with E-state index in [1.807, 2.05) is 19.1 Å². The topological polar surface area (TPSA) is 34.1 Å². The zero-order chi connectivity index (χ0) is 25.1. The summed E-state index contributed by atoms with van der Waals surface area (Å²) in [6.07, 6.45) is 2.10. The van der Waals surface area contributed by atoms with Crippen LogP contribution in [-0.2, 0) is 0 Å². The van der Waals surface area contributed by atoms with Crippen molar-refractivity contribution in [1.29, 1.82) is 0 Å². The number of fused-ring (bicyclic) bond motifs is 4. The molecular formula is C28H16F2O2S4. The lowest BCUT2D eigenvalue weighted by molar-refractivity contribution is 0.0979. The lowest BCUT2D eigenvalue weighted by atomic mass is 9.83. The van der Waals surface area contributed by atoms with Gasteiger partial charge in [-0.3, -0.25) is 9.59 Å². The molecule has 2 aromatic carbocycles. The molecule has 2 nitrogen and oxygen atoms in total. The number of carbonyl (C=O) groups is 2. The number of thioether (sulfide) groups is 1. The number of rotatable bonds is 5. The van der Waals surface area contributed by atoms with E-state index >= 15 is 0 Å². The molecule has 0 N–H and O–H groups in total. The first-order valence-electron chi connectivity index (χ1n) is 11.1. The third kappa shape index (κ3) is 3.89. The van der Waals surface area contributed by atoms with Crippen LogP contribution >= 0.6 is 45.8 Å². The number of thiophene rings is 3. The predicted molar refractivity (Wildman–Crippen MR) is 150 cm³/mol. The van der Waals surface area contributed by atoms with Crippen molar-refractivity contribution >= 4 is 82.4 Å². The average molecular weight is 551 g/mol. The van der Waals surface area contributed by atoms with Gasteiger partial charge in [0.25, 0.3) is 0 Å². The Morgan fingerprint density at radius 2 is 1.47 bits per heavy atom. The third-order valence-electron chi connectivity index (χ3n) is 5.97. The highest BCUT2D eigenvalue weighted by atomic mass is 32.2. The van der Waals surface area contributed by atoms with E-state index in [2.05, 4.69) is 6.58 Å². The summed E-state index contributed by atoms with van der Waals surface area (Å²) in [5.74, 6) is -0.392. The fourth-order valence-corrected chi connectivity index (χ4v) is 8.03. The molecule has 178 valence electrons. The summed E-state index contributed by atoms with van der Waals surface area (Å²) in [4.78, 5) is 30.1. The molecule has 36 heavy (non-hydrogen) atoms. The molecule has 5 aromatic rings. The first kappa shape index (κ1) is 23.5. The van der Waals surface area contributed by atoms with Crippen LogP contribution in [0.3, 0.4) is 0 Å². The second-order valence-electron chi connectivity index (χ2n) is 8.30. The van der Waals surface area contributed by atoms with E-state index in [1.165, 1.54) is 34.8 Å². The third-order valence-corrected chi connectivity index (χ3v) is 10.2. The Labute approximate surface area is 221 Å². The number of benzene rings is 2. The van der Waals surface area contributed by atoms with Crippen LogP contribution in [0, 0.1) is 5.13 Å². The van der Waals surface area contributed by atoms with Gasteiger partial charge in [0.2, 0.25) is 0 Å². The van der Waals surface area contributed by atoms with Crippen LogP contribution in [0.1, 0.15) is 50.1 Å². The summed E-state index contributed by atoms with van der Waals surface area (Å²) in [6.45, 7) is 5.87. The number of halogens is 2. The van der Waals surface area contributed by atoms with Gasteiger partial charge in [-0.15, -0.1) is 34.0 Å². The van der Waals surface area contributed by atoms with Crippen molar-refractivity contribution in [2.24, 2.45) is 0 Å². The van der Waals surface area contributed by atoms with Crippen LogP contribution in [0.4, 0.5) is 8.78 Å². The van der Waals surface area contributed by atoms with Crippen molar-refractivity contribution < 1.29 is 18.4 Å². The van der Waals surface area contributed by atoms with E-state index in [4.69, 9.17) is 0 Å². The molecule has 0 fully saturated rings. The maximum absolute atomic E-state index is 14.0.